The first-order chi connectivity index (χ1) is 7.89. The van der Waals surface area contributed by atoms with Crippen molar-refractivity contribution in [3.05, 3.63) is 33.5 Å². The number of halogens is 5. The summed E-state index contributed by atoms with van der Waals surface area (Å²) in [5.74, 6) is -1.35. The van der Waals surface area contributed by atoms with Crippen molar-refractivity contribution in [1.82, 2.24) is 0 Å². The van der Waals surface area contributed by atoms with Crippen molar-refractivity contribution in [2.75, 3.05) is 13.2 Å². The zero-order valence-electron chi connectivity index (χ0n) is 8.35. The monoisotopic (exact) mass is 314 g/mol. The lowest BCUT2D eigenvalue weighted by Crippen LogP contribution is -2.12. The molecule has 1 fully saturated rings. The minimum atomic E-state index is -4.75. The molecular formula is C10H7BrF4O2. The Kier molecular flexibility index (Phi) is 3.42. The molecule has 0 unspecified atom stereocenters. The molecule has 0 bridgehead atoms. The van der Waals surface area contributed by atoms with Crippen molar-refractivity contribution < 1.29 is 27.0 Å². The van der Waals surface area contributed by atoms with Gasteiger partial charge in [-0.15, -0.1) is 0 Å². The number of ether oxygens (including phenoxy) is 2. The fourth-order valence-electron chi connectivity index (χ4n) is 1.53. The number of rotatable bonds is 1. The zero-order chi connectivity index (χ0) is 12.6. The maximum atomic E-state index is 13.7. The van der Waals surface area contributed by atoms with E-state index in [-0.39, 0.29) is 23.2 Å². The van der Waals surface area contributed by atoms with E-state index in [1.54, 1.807) is 0 Å². The summed E-state index contributed by atoms with van der Waals surface area (Å²) in [6.45, 7) is 0.468. The summed E-state index contributed by atoms with van der Waals surface area (Å²) in [5.41, 5.74) is -1.58. The van der Waals surface area contributed by atoms with Gasteiger partial charge in [0.2, 0.25) is 0 Å². The molecule has 0 saturated carbocycles. The highest BCUT2D eigenvalue weighted by atomic mass is 79.9. The van der Waals surface area contributed by atoms with Gasteiger partial charge in [-0.05, 0) is 12.1 Å². The molecule has 1 aliphatic rings. The third-order valence-electron chi connectivity index (χ3n) is 2.25. The third kappa shape index (κ3) is 2.61. The van der Waals surface area contributed by atoms with Crippen LogP contribution in [0.5, 0.6) is 0 Å². The van der Waals surface area contributed by atoms with Gasteiger partial charge >= 0.3 is 6.18 Å². The van der Waals surface area contributed by atoms with E-state index in [0.29, 0.717) is 6.07 Å². The molecule has 1 aromatic rings. The molecule has 0 amide bonds. The quantitative estimate of drug-likeness (QED) is 0.737. The van der Waals surface area contributed by atoms with Gasteiger partial charge in [0.15, 0.2) is 6.29 Å². The lowest BCUT2D eigenvalue weighted by molar-refractivity contribution is -0.140. The standard InChI is InChI=1S/C10H7BrF4O2/c11-5-3-6(9-16-1-2-17-9)8(12)7(4-5)10(13,14)15/h3-4,9H,1-2H2. The van der Waals surface area contributed by atoms with Crippen LogP contribution in [0.25, 0.3) is 0 Å². The Hall–Kier alpha value is -0.660. The molecule has 1 aromatic carbocycles. The normalized spacial score (nSPS) is 17.7. The first kappa shape index (κ1) is 12.8. The van der Waals surface area contributed by atoms with E-state index in [9.17, 15) is 17.6 Å². The minimum Gasteiger partial charge on any atom is -0.346 e. The Labute approximate surface area is 103 Å². The maximum absolute atomic E-state index is 13.7. The second-order valence-electron chi connectivity index (χ2n) is 3.43. The fraction of sp³-hybridized carbons (Fsp3) is 0.400. The Morgan fingerprint density at radius 3 is 2.29 bits per heavy atom. The van der Waals surface area contributed by atoms with Gasteiger partial charge in [-0.1, -0.05) is 15.9 Å². The summed E-state index contributed by atoms with van der Waals surface area (Å²) in [7, 11) is 0. The average molecular weight is 315 g/mol. The van der Waals surface area contributed by atoms with Crippen LogP contribution >= 0.6 is 15.9 Å². The van der Waals surface area contributed by atoms with Crippen molar-refractivity contribution in [1.29, 1.82) is 0 Å². The van der Waals surface area contributed by atoms with E-state index >= 15 is 0 Å². The number of alkyl halides is 3. The highest BCUT2D eigenvalue weighted by Gasteiger charge is 2.37. The predicted molar refractivity (Wildman–Crippen MR) is 53.7 cm³/mol. The van der Waals surface area contributed by atoms with Crippen LogP contribution in [0, 0.1) is 5.82 Å². The number of benzene rings is 1. The second kappa shape index (κ2) is 4.55. The molecule has 0 N–H and O–H groups in total. The van der Waals surface area contributed by atoms with Crippen LogP contribution in [-0.4, -0.2) is 13.2 Å². The van der Waals surface area contributed by atoms with Crippen LogP contribution in [0.4, 0.5) is 17.6 Å². The topological polar surface area (TPSA) is 18.5 Å². The lowest BCUT2D eigenvalue weighted by atomic mass is 10.1. The largest absolute Gasteiger partial charge is 0.419 e. The molecular weight excluding hydrogens is 308 g/mol. The van der Waals surface area contributed by atoms with Gasteiger partial charge < -0.3 is 9.47 Å². The Morgan fingerprint density at radius 1 is 1.18 bits per heavy atom. The summed E-state index contributed by atoms with van der Waals surface area (Å²) in [4.78, 5) is 0. The molecule has 0 aromatic heterocycles. The van der Waals surface area contributed by atoms with E-state index in [1.165, 1.54) is 6.07 Å². The van der Waals surface area contributed by atoms with Crippen molar-refractivity contribution in [2.45, 2.75) is 12.5 Å². The van der Waals surface area contributed by atoms with Crippen LogP contribution in [0.1, 0.15) is 17.4 Å². The van der Waals surface area contributed by atoms with Gasteiger partial charge in [0.1, 0.15) is 5.82 Å². The predicted octanol–water partition coefficient (Wildman–Crippen LogP) is 3.65. The van der Waals surface area contributed by atoms with Gasteiger partial charge in [0.25, 0.3) is 0 Å². The SMILES string of the molecule is Fc1c(C2OCCO2)cc(Br)cc1C(F)(F)F. The minimum absolute atomic E-state index is 0.125. The molecule has 2 rings (SSSR count). The Bertz CT molecular complexity index is 427. The van der Waals surface area contributed by atoms with E-state index in [4.69, 9.17) is 9.47 Å². The second-order valence-corrected chi connectivity index (χ2v) is 4.34. The van der Waals surface area contributed by atoms with Gasteiger partial charge in [-0.25, -0.2) is 4.39 Å². The molecule has 1 heterocycles. The fourth-order valence-corrected chi connectivity index (χ4v) is 2.00. The van der Waals surface area contributed by atoms with E-state index in [1.807, 2.05) is 0 Å². The van der Waals surface area contributed by atoms with Gasteiger partial charge in [-0.2, -0.15) is 13.2 Å². The van der Waals surface area contributed by atoms with Crippen LogP contribution in [-0.2, 0) is 15.7 Å². The molecule has 0 spiro atoms. The molecule has 1 aliphatic heterocycles. The van der Waals surface area contributed by atoms with Crippen LogP contribution < -0.4 is 0 Å². The smallest absolute Gasteiger partial charge is 0.346 e. The van der Waals surface area contributed by atoms with Gasteiger partial charge in [-0.3, -0.25) is 0 Å². The average Bonchev–Trinajstić information content (AvgIpc) is 2.72. The van der Waals surface area contributed by atoms with Crippen molar-refractivity contribution >= 4 is 15.9 Å². The molecule has 7 heteroatoms. The lowest BCUT2D eigenvalue weighted by Gasteiger charge is -2.15. The summed E-state index contributed by atoms with van der Waals surface area (Å²) < 4.78 is 61.5. The van der Waals surface area contributed by atoms with Crippen molar-refractivity contribution in [3.63, 3.8) is 0 Å². The first-order valence-corrected chi connectivity index (χ1v) is 5.48. The molecule has 0 aliphatic carbocycles. The summed E-state index contributed by atoms with van der Waals surface area (Å²) >= 11 is 2.91. The summed E-state index contributed by atoms with van der Waals surface area (Å²) in [6, 6.07) is 1.91. The van der Waals surface area contributed by atoms with Crippen molar-refractivity contribution in [2.24, 2.45) is 0 Å². The molecule has 2 nitrogen and oxygen atoms in total. The third-order valence-corrected chi connectivity index (χ3v) is 2.70. The zero-order valence-corrected chi connectivity index (χ0v) is 9.94. The number of hydrogen-bond donors (Lipinski definition) is 0. The molecule has 17 heavy (non-hydrogen) atoms. The van der Waals surface area contributed by atoms with Crippen LogP contribution in [0.2, 0.25) is 0 Å². The van der Waals surface area contributed by atoms with E-state index in [0.717, 1.165) is 0 Å². The molecule has 0 radical (unpaired) electrons. The van der Waals surface area contributed by atoms with Gasteiger partial charge in [0, 0.05) is 10.0 Å². The summed E-state index contributed by atoms with van der Waals surface area (Å²) in [6.07, 6.45) is -5.82. The van der Waals surface area contributed by atoms with Crippen LogP contribution in [0.3, 0.4) is 0 Å². The molecule has 94 valence electrons. The Balaban J connectivity index is 2.49. The summed E-state index contributed by atoms with van der Waals surface area (Å²) in [5, 5.41) is 0. The Morgan fingerprint density at radius 2 is 1.76 bits per heavy atom. The maximum Gasteiger partial charge on any atom is 0.419 e. The highest BCUT2D eigenvalue weighted by Crippen LogP contribution is 2.37. The van der Waals surface area contributed by atoms with Crippen LogP contribution in [0.15, 0.2) is 16.6 Å². The van der Waals surface area contributed by atoms with E-state index in [2.05, 4.69) is 15.9 Å². The number of hydrogen-bond acceptors (Lipinski definition) is 2. The molecule has 0 atom stereocenters. The van der Waals surface area contributed by atoms with Gasteiger partial charge in [0.05, 0.1) is 18.8 Å². The molecule has 1 saturated heterocycles. The highest BCUT2D eigenvalue weighted by molar-refractivity contribution is 9.10. The first-order valence-electron chi connectivity index (χ1n) is 4.69. The van der Waals surface area contributed by atoms with Crippen molar-refractivity contribution in [3.8, 4) is 0 Å². The van der Waals surface area contributed by atoms with E-state index < -0.39 is 23.8 Å².